The largest absolute Gasteiger partial charge is 0.496 e. The third-order valence-electron chi connectivity index (χ3n) is 4.45. The van der Waals surface area contributed by atoms with Gasteiger partial charge >= 0.3 is 0 Å². The zero-order chi connectivity index (χ0) is 19.5. The number of carbonyl (C=O) groups excluding carboxylic acids is 1. The lowest BCUT2D eigenvalue weighted by Gasteiger charge is -2.20. The highest BCUT2D eigenvalue weighted by Gasteiger charge is 2.30. The van der Waals surface area contributed by atoms with Crippen molar-refractivity contribution >= 4 is 39.3 Å². The van der Waals surface area contributed by atoms with Crippen molar-refractivity contribution < 1.29 is 9.53 Å². The van der Waals surface area contributed by atoms with Gasteiger partial charge in [0.05, 0.1) is 29.2 Å². The smallest absolute Gasteiger partial charge is 0.263 e. The average Bonchev–Trinajstić information content (AvgIpc) is 3.05. The Balaban J connectivity index is 1.79. The quantitative estimate of drug-likeness (QED) is 0.523. The van der Waals surface area contributed by atoms with Gasteiger partial charge in [-0.1, -0.05) is 36.4 Å². The third-order valence-corrected chi connectivity index (χ3v) is 5.07. The molecule has 1 aromatic heterocycles. The molecule has 0 saturated heterocycles. The minimum atomic E-state index is -0.0845. The van der Waals surface area contributed by atoms with Crippen molar-refractivity contribution in [1.82, 2.24) is 4.98 Å². The number of amides is 1. The molecule has 0 spiro atoms. The van der Waals surface area contributed by atoms with Crippen LogP contribution in [0.2, 0.25) is 0 Å². The van der Waals surface area contributed by atoms with Gasteiger partial charge in [-0.3, -0.25) is 14.7 Å². The molecule has 138 valence electrons. The molecule has 1 amide bonds. The number of benzene rings is 2. The summed E-state index contributed by atoms with van der Waals surface area (Å²) in [6.07, 6.45) is 7.19. The number of nitrogens with zero attached hydrogens (tertiary/aromatic N) is 2. The fourth-order valence-electron chi connectivity index (χ4n) is 3.13. The van der Waals surface area contributed by atoms with Gasteiger partial charge in [-0.15, -0.1) is 0 Å². The van der Waals surface area contributed by atoms with E-state index in [0.717, 1.165) is 32.7 Å². The van der Waals surface area contributed by atoms with E-state index in [1.807, 2.05) is 72.8 Å². The maximum Gasteiger partial charge on any atom is 0.263 e. The Morgan fingerprint density at radius 2 is 1.89 bits per heavy atom. The zero-order valence-electron chi connectivity index (χ0n) is 15.2. The number of pyridine rings is 1. The van der Waals surface area contributed by atoms with Crippen LogP contribution in [0, 0.1) is 0 Å². The molecule has 4 nitrogen and oxygen atoms in total. The van der Waals surface area contributed by atoms with E-state index in [4.69, 9.17) is 4.74 Å². The molecule has 1 aliphatic heterocycles. The van der Waals surface area contributed by atoms with Gasteiger partial charge in [0, 0.05) is 11.8 Å². The molecule has 0 aliphatic carbocycles. The number of ether oxygens (including phenoxy) is 1. The SMILES string of the molecule is COc1ccc(C=C2C=C(c3ccccc3)N(c3cccnc3)C2=O)cc1Br. The van der Waals surface area contributed by atoms with E-state index in [-0.39, 0.29) is 5.91 Å². The van der Waals surface area contributed by atoms with Crippen LogP contribution in [-0.2, 0) is 4.79 Å². The molecule has 0 saturated carbocycles. The van der Waals surface area contributed by atoms with Crippen molar-refractivity contribution in [3.8, 4) is 5.75 Å². The Bertz CT molecular complexity index is 1080. The molecule has 0 fully saturated rings. The second-order valence-corrected chi connectivity index (χ2v) is 7.10. The second kappa shape index (κ2) is 7.82. The van der Waals surface area contributed by atoms with Crippen LogP contribution in [0.15, 0.2) is 89.2 Å². The molecule has 2 heterocycles. The molecule has 0 radical (unpaired) electrons. The number of methoxy groups -OCH3 is 1. The fraction of sp³-hybridized carbons (Fsp3) is 0.0435. The van der Waals surface area contributed by atoms with Gasteiger partial charge in [0.15, 0.2) is 0 Å². The molecule has 0 N–H and O–H groups in total. The van der Waals surface area contributed by atoms with Crippen molar-refractivity contribution in [2.45, 2.75) is 0 Å². The minimum Gasteiger partial charge on any atom is -0.496 e. The predicted octanol–water partition coefficient (Wildman–Crippen LogP) is 5.32. The van der Waals surface area contributed by atoms with Crippen molar-refractivity contribution in [1.29, 1.82) is 0 Å². The summed E-state index contributed by atoms with van der Waals surface area (Å²) in [6.45, 7) is 0. The van der Waals surface area contributed by atoms with Crippen molar-refractivity contribution in [2.24, 2.45) is 0 Å². The van der Waals surface area contributed by atoms with Crippen molar-refractivity contribution in [2.75, 3.05) is 12.0 Å². The summed E-state index contributed by atoms with van der Waals surface area (Å²) in [6, 6.07) is 19.3. The number of aromatic nitrogens is 1. The van der Waals surface area contributed by atoms with Crippen LogP contribution in [0.4, 0.5) is 5.69 Å². The first kappa shape index (κ1) is 18.2. The Hall–Kier alpha value is -3.18. The highest BCUT2D eigenvalue weighted by Crippen LogP contribution is 2.35. The molecule has 0 unspecified atom stereocenters. The lowest BCUT2D eigenvalue weighted by molar-refractivity contribution is -0.113. The van der Waals surface area contributed by atoms with E-state index in [2.05, 4.69) is 20.9 Å². The van der Waals surface area contributed by atoms with Gasteiger partial charge in [-0.2, -0.15) is 0 Å². The van der Waals surface area contributed by atoms with Crippen LogP contribution < -0.4 is 9.64 Å². The van der Waals surface area contributed by atoms with Crippen LogP contribution in [0.5, 0.6) is 5.75 Å². The van der Waals surface area contributed by atoms with Crippen molar-refractivity contribution in [3.63, 3.8) is 0 Å². The van der Waals surface area contributed by atoms with Gasteiger partial charge in [-0.25, -0.2) is 0 Å². The van der Waals surface area contributed by atoms with Crippen LogP contribution in [0.25, 0.3) is 11.8 Å². The Labute approximate surface area is 171 Å². The van der Waals surface area contributed by atoms with E-state index >= 15 is 0 Å². The molecule has 2 aromatic carbocycles. The van der Waals surface area contributed by atoms with Crippen LogP contribution in [-0.4, -0.2) is 18.0 Å². The standard InChI is InChI=1S/C23H17BrN2O2/c1-28-22-10-9-16(13-20(22)24)12-18-14-21(17-6-3-2-4-7-17)26(23(18)27)19-8-5-11-25-15-19/h2-15H,1H3. The van der Waals surface area contributed by atoms with E-state index in [1.54, 1.807) is 24.4 Å². The molecular formula is C23H17BrN2O2. The summed E-state index contributed by atoms with van der Waals surface area (Å²) in [5, 5.41) is 0. The van der Waals surface area contributed by atoms with Gasteiger partial charge < -0.3 is 4.74 Å². The summed E-state index contributed by atoms with van der Waals surface area (Å²) in [5.41, 5.74) is 4.06. The summed E-state index contributed by atoms with van der Waals surface area (Å²) in [5.74, 6) is 0.663. The highest BCUT2D eigenvalue weighted by molar-refractivity contribution is 9.10. The number of carbonyl (C=O) groups is 1. The maximum atomic E-state index is 13.2. The lowest BCUT2D eigenvalue weighted by atomic mass is 10.1. The molecule has 1 aliphatic rings. The molecule has 3 aromatic rings. The Morgan fingerprint density at radius 1 is 1.07 bits per heavy atom. The highest BCUT2D eigenvalue weighted by atomic mass is 79.9. The second-order valence-electron chi connectivity index (χ2n) is 6.24. The average molecular weight is 433 g/mol. The van der Waals surface area contributed by atoms with Gasteiger partial charge in [-0.05, 0) is 63.5 Å². The summed E-state index contributed by atoms with van der Waals surface area (Å²) >= 11 is 3.50. The number of anilines is 1. The zero-order valence-corrected chi connectivity index (χ0v) is 16.8. The van der Waals surface area contributed by atoms with Gasteiger partial charge in [0.1, 0.15) is 5.75 Å². The van der Waals surface area contributed by atoms with Crippen LogP contribution in [0.3, 0.4) is 0 Å². The van der Waals surface area contributed by atoms with E-state index in [1.165, 1.54) is 0 Å². The summed E-state index contributed by atoms with van der Waals surface area (Å²) in [7, 11) is 1.62. The maximum absolute atomic E-state index is 13.2. The van der Waals surface area contributed by atoms with E-state index < -0.39 is 0 Å². The van der Waals surface area contributed by atoms with Crippen LogP contribution >= 0.6 is 15.9 Å². The van der Waals surface area contributed by atoms with Crippen LogP contribution in [0.1, 0.15) is 11.1 Å². The Kier molecular flexibility index (Phi) is 5.08. The van der Waals surface area contributed by atoms with Gasteiger partial charge in [0.25, 0.3) is 5.91 Å². The van der Waals surface area contributed by atoms with Crippen molar-refractivity contribution in [3.05, 3.63) is 100 Å². The topological polar surface area (TPSA) is 42.4 Å². The molecule has 28 heavy (non-hydrogen) atoms. The third kappa shape index (κ3) is 3.49. The molecular weight excluding hydrogens is 416 g/mol. The number of rotatable bonds is 4. The summed E-state index contributed by atoms with van der Waals surface area (Å²) in [4.78, 5) is 19.1. The molecule has 4 rings (SSSR count). The first-order chi connectivity index (χ1) is 13.7. The monoisotopic (exact) mass is 432 g/mol. The minimum absolute atomic E-state index is 0.0845. The summed E-state index contributed by atoms with van der Waals surface area (Å²) < 4.78 is 6.12. The number of hydrogen-bond donors (Lipinski definition) is 0. The van der Waals surface area contributed by atoms with E-state index in [0.29, 0.717) is 5.57 Å². The predicted molar refractivity (Wildman–Crippen MR) is 115 cm³/mol. The number of hydrogen-bond acceptors (Lipinski definition) is 3. The number of halogens is 1. The normalized spacial score (nSPS) is 15.1. The molecule has 0 bridgehead atoms. The lowest BCUT2D eigenvalue weighted by Crippen LogP contribution is -2.25. The van der Waals surface area contributed by atoms with Gasteiger partial charge in [0.2, 0.25) is 0 Å². The first-order valence-corrected chi connectivity index (χ1v) is 9.53. The Morgan fingerprint density at radius 3 is 2.57 bits per heavy atom. The first-order valence-electron chi connectivity index (χ1n) is 8.74. The molecule has 5 heteroatoms. The molecule has 0 atom stereocenters. The fourth-order valence-corrected chi connectivity index (χ4v) is 3.69. The van der Waals surface area contributed by atoms with E-state index in [9.17, 15) is 4.79 Å².